The monoisotopic (exact) mass is 592 g/mol. The second-order valence-electron chi connectivity index (χ2n) is 9.46. The highest BCUT2D eigenvalue weighted by Crippen LogP contribution is 2.32. The average molecular weight is 593 g/mol. The van der Waals surface area contributed by atoms with Crippen molar-refractivity contribution in [1.82, 2.24) is 15.6 Å². The van der Waals surface area contributed by atoms with Gasteiger partial charge in [0.15, 0.2) is 6.61 Å². The first kappa shape index (κ1) is 28.5. The lowest BCUT2D eigenvalue weighted by Crippen LogP contribution is -2.39. The zero-order valence-corrected chi connectivity index (χ0v) is 23.7. The van der Waals surface area contributed by atoms with Gasteiger partial charge in [-0.1, -0.05) is 23.7 Å². The van der Waals surface area contributed by atoms with Crippen molar-refractivity contribution in [1.29, 1.82) is 0 Å². The minimum absolute atomic E-state index is 0.125. The van der Waals surface area contributed by atoms with Crippen molar-refractivity contribution in [2.24, 2.45) is 0 Å². The molecule has 2 heterocycles. The Bertz CT molecular complexity index is 1520. The van der Waals surface area contributed by atoms with Crippen LogP contribution in [-0.2, 0) is 19.1 Å². The van der Waals surface area contributed by atoms with Crippen LogP contribution >= 0.6 is 22.9 Å². The van der Waals surface area contributed by atoms with Gasteiger partial charge in [0.2, 0.25) is 11.8 Å². The maximum Gasteiger partial charge on any atom is 0.258 e. The Hall–Kier alpha value is -3.99. The minimum Gasteiger partial charge on any atom is -0.484 e. The number of nitrogens with one attached hydrogen (secondary N) is 3. The van der Waals surface area contributed by atoms with E-state index in [2.05, 4.69) is 20.9 Å². The van der Waals surface area contributed by atoms with Gasteiger partial charge < -0.3 is 20.1 Å². The van der Waals surface area contributed by atoms with Gasteiger partial charge in [-0.25, -0.2) is 4.98 Å². The van der Waals surface area contributed by atoms with Gasteiger partial charge in [0.1, 0.15) is 10.8 Å². The molecule has 3 N–H and O–H groups in total. The van der Waals surface area contributed by atoms with Gasteiger partial charge in [0.25, 0.3) is 5.91 Å². The number of carbonyl (C=O) groups is 3. The van der Waals surface area contributed by atoms with Crippen molar-refractivity contribution in [3.63, 3.8) is 0 Å². The predicted molar refractivity (Wildman–Crippen MR) is 159 cm³/mol. The molecule has 0 bridgehead atoms. The average Bonchev–Trinajstić information content (AvgIpc) is 3.39. The molecule has 0 radical (unpaired) electrons. The Morgan fingerprint density at radius 3 is 2.59 bits per heavy atom. The van der Waals surface area contributed by atoms with Crippen LogP contribution < -0.4 is 20.7 Å². The number of benzene rings is 3. The number of carbonyl (C=O) groups excluding carboxylic acids is 3. The van der Waals surface area contributed by atoms with Crippen LogP contribution in [0.25, 0.3) is 20.8 Å². The van der Waals surface area contributed by atoms with Gasteiger partial charge in [-0.15, -0.1) is 11.3 Å². The summed E-state index contributed by atoms with van der Waals surface area (Å²) in [7, 11) is 0. The van der Waals surface area contributed by atoms with E-state index in [1.54, 1.807) is 35.6 Å². The Balaban J connectivity index is 0.940. The summed E-state index contributed by atoms with van der Waals surface area (Å²) in [6.45, 7) is 1.75. The quantitative estimate of drug-likeness (QED) is 0.160. The molecule has 11 heteroatoms. The van der Waals surface area contributed by atoms with Crippen LogP contribution in [-0.4, -0.2) is 55.6 Å². The number of imide groups is 1. The fourth-order valence-electron chi connectivity index (χ4n) is 4.39. The number of hydrogen-bond donors (Lipinski definition) is 3. The predicted octanol–water partition coefficient (Wildman–Crippen LogP) is 4.76. The first-order valence-corrected chi connectivity index (χ1v) is 14.5. The molecule has 0 spiro atoms. The van der Waals surface area contributed by atoms with Gasteiger partial charge in [-0.2, -0.15) is 0 Å². The van der Waals surface area contributed by atoms with Crippen LogP contribution in [0.4, 0.5) is 5.69 Å². The molecule has 41 heavy (non-hydrogen) atoms. The summed E-state index contributed by atoms with van der Waals surface area (Å²) in [6.07, 6.45) is 0.813. The van der Waals surface area contributed by atoms with Crippen molar-refractivity contribution in [2.45, 2.75) is 18.8 Å². The van der Waals surface area contributed by atoms with Gasteiger partial charge in [-0.3, -0.25) is 19.7 Å². The minimum atomic E-state index is -0.350. The van der Waals surface area contributed by atoms with Gasteiger partial charge in [0.05, 0.1) is 29.3 Å². The molecule has 1 aromatic heterocycles. The van der Waals surface area contributed by atoms with Gasteiger partial charge >= 0.3 is 0 Å². The molecule has 9 nitrogen and oxygen atoms in total. The van der Waals surface area contributed by atoms with Crippen LogP contribution in [0, 0.1) is 0 Å². The number of ether oxygens (including phenoxy) is 2. The van der Waals surface area contributed by atoms with Crippen molar-refractivity contribution < 1.29 is 23.9 Å². The van der Waals surface area contributed by atoms with E-state index in [9.17, 15) is 14.4 Å². The summed E-state index contributed by atoms with van der Waals surface area (Å²) in [5, 5.41) is 10.1. The summed E-state index contributed by atoms with van der Waals surface area (Å²) in [4.78, 5) is 40.1. The summed E-state index contributed by atoms with van der Waals surface area (Å²) in [5.74, 6) is -0.602. The van der Waals surface area contributed by atoms with Crippen LogP contribution in [0.3, 0.4) is 0 Å². The Morgan fingerprint density at radius 1 is 1.02 bits per heavy atom. The molecule has 3 amide bonds. The number of anilines is 1. The number of amides is 3. The third-order valence-electron chi connectivity index (χ3n) is 6.52. The fraction of sp³-hybridized carbons (Fsp3) is 0.267. The van der Waals surface area contributed by atoms with Crippen molar-refractivity contribution in [3.8, 4) is 16.3 Å². The lowest BCUT2D eigenvalue weighted by atomic mass is 9.90. The highest BCUT2D eigenvalue weighted by atomic mass is 35.5. The number of hydrogen-bond acceptors (Lipinski definition) is 8. The molecular weight excluding hydrogens is 564 g/mol. The lowest BCUT2D eigenvalue weighted by molar-refractivity contribution is -0.134. The fourth-order valence-corrected chi connectivity index (χ4v) is 5.51. The molecule has 1 aliphatic rings. The second kappa shape index (κ2) is 13.6. The zero-order chi connectivity index (χ0) is 28.6. The Labute approximate surface area is 246 Å². The number of piperidine rings is 1. The van der Waals surface area contributed by atoms with Crippen LogP contribution in [0.15, 0.2) is 66.7 Å². The summed E-state index contributed by atoms with van der Waals surface area (Å²) in [6, 6.07) is 20.8. The first-order chi connectivity index (χ1) is 19.9. The molecule has 4 aromatic rings. The molecule has 1 aliphatic heterocycles. The zero-order valence-electron chi connectivity index (χ0n) is 22.2. The topological polar surface area (TPSA) is 119 Å². The Morgan fingerprint density at radius 2 is 1.80 bits per heavy atom. The summed E-state index contributed by atoms with van der Waals surface area (Å²) < 4.78 is 12.2. The number of thiazole rings is 1. The van der Waals surface area contributed by atoms with E-state index in [4.69, 9.17) is 21.1 Å². The number of rotatable bonds is 12. The molecule has 212 valence electrons. The third kappa shape index (κ3) is 7.81. The number of aromatic nitrogens is 1. The standard InChI is InChI=1S/C30H29ClN4O5S/c31-21-5-11-26-25(17-21)34-30(41-26)20-1-6-22(7-2-20)32-13-15-39-16-14-33-28(37)18-40-23-8-3-19(4-9-23)24-10-12-27(36)35-29(24)38/h1-9,11,17,24,32H,10,12-16,18H2,(H,33,37)(H,35,36,38). The smallest absolute Gasteiger partial charge is 0.258 e. The van der Waals surface area contributed by atoms with Crippen molar-refractivity contribution in [3.05, 3.63) is 77.3 Å². The SMILES string of the molecule is O=C(COc1ccc(C2CCC(=O)NC2=O)cc1)NCCOCCNc1ccc(-c2nc3cc(Cl)ccc3s2)cc1. The molecule has 0 saturated carbocycles. The summed E-state index contributed by atoms with van der Waals surface area (Å²) >= 11 is 7.70. The summed E-state index contributed by atoms with van der Waals surface area (Å²) in [5.41, 5.74) is 3.75. The molecular formula is C30H29ClN4O5S. The molecule has 1 fully saturated rings. The first-order valence-electron chi connectivity index (χ1n) is 13.3. The number of halogens is 1. The van der Waals surface area contributed by atoms with E-state index < -0.39 is 0 Å². The van der Waals surface area contributed by atoms with E-state index in [0.29, 0.717) is 49.9 Å². The molecule has 1 saturated heterocycles. The molecule has 5 rings (SSSR count). The van der Waals surface area contributed by atoms with Gasteiger partial charge in [0, 0.05) is 35.8 Å². The van der Waals surface area contributed by atoms with Crippen molar-refractivity contribution in [2.75, 3.05) is 38.2 Å². The van der Waals surface area contributed by atoms with E-state index in [-0.39, 0.29) is 30.2 Å². The highest BCUT2D eigenvalue weighted by molar-refractivity contribution is 7.21. The molecule has 0 aliphatic carbocycles. The largest absolute Gasteiger partial charge is 0.484 e. The second-order valence-corrected chi connectivity index (χ2v) is 10.9. The number of nitrogens with zero attached hydrogens (tertiary/aromatic N) is 1. The van der Waals surface area contributed by atoms with Crippen LogP contribution in [0.2, 0.25) is 5.02 Å². The van der Waals surface area contributed by atoms with Crippen LogP contribution in [0.1, 0.15) is 24.3 Å². The lowest BCUT2D eigenvalue weighted by Gasteiger charge is -2.21. The molecule has 1 unspecified atom stereocenters. The van der Waals surface area contributed by atoms with E-state index >= 15 is 0 Å². The maximum absolute atomic E-state index is 12.1. The molecule has 3 aromatic carbocycles. The maximum atomic E-state index is 12.1. The van der Waals surface area contributed by atoms with E-state index in [1.165, 1.54) is 0 Å². The van der Waals surface area contributed by atoms with Crippen LogP contribution in [0.5, 0.6) is 5.75 Å². The molecule has 1 atom stereocenters. The normalized spacial score (nSPS) is 15.0. The van der Waals surface area contributed by atoms with Gasteiger partial charge in [-0.05, 0) is 66.6 Å². The number of fused-ring (bicyclic) bond motifs is 1. The highest BCUT2D eigenvalue weighted by Gasteiger charge is 2.27. The van der Waals surface area contributed by atoms with E-state index in [0.717, 1.165) is 32.0 Å². The Kier molecular flexibility index (Phi) is 9.45. The van der Waals surface area contributed by atoms with Crippen molar-refractivity contribution >= 4 is 56.6 Å². The third-order valence-corrected chi connectivity index (χ3v) is 7.84. The van der Waals surface area contributed by atoms with E-state index in [1.807, 2.05) is 42.5 Å².